The fourth-order valence-corrected chi connectivity index (χ4v) is 3.43. The molecule has 1 amide bonds. The molecule has 0 spiro atoms. The van der Waals surface area contributed by atoms with Crippen LogP contribution in [0.3, 0.4) is 0 Å². The van der Waals surface area contributed by atoms with Crippen LogP contribution in [0.25, 0.3) is 16.3 Å². The minimum absolute atomic E-state index is 0.129. The van der Waals surface area contributed by atoms with Gasteiger partial charge >= 0.3 is 0 Å². The highest BCUT2D eigenvalue weighted by Gasteiger charge is 2.13. The third-order valence-corrected chi connectivity index (χ3v) is 5.02. The molecule has 132 valence electrons. The zero-order valence-corrected chi connectivity index (χ0v) is 15.3. The number of carbonyl (C=O) groups excluding carboxylic acids is 1. The van der Waals surface area contributed by atoms with Crippen LogP contribution in [0.1, 0.15) is 16.0 Å². The molecule has 0 aliphatic rings. The van der Waals surface area contributed by atoms with Crippen molar-refractivity contribution in [2.75, 3.05) is 0 Å². The molecule has 26 heavy (non-hydrogen) atoms. The highest BCUT2D eigenvalue weighted by atomic mass is 32.1. The van der Waals surface area contributed by atoms with Crippen LogP contribution in [-0.4, -0.2) is 21.7 Å². The van der Waals surface area contributed by atoms with Gasteiger partial charge in [0.1, 0.15) is 11.4 Å². The van der Waals surface area contributed by atoms with E-state index in [4.69, 9.17) is 0 Å². The number of hydrazone groups is 1. The number of hydrogen-bond donors (Lipinski definition) is 1. The third-order valence-electron chi connectivity index (χ3n) is 3.91. The van der Waals surface area contributed by atoms with E-state index in [1.54, 1.807) is 6.08 Å². The predicted octanol–water partition coefficient (Wildman–Crippen LogP) is 2.89. The maximum absolute atomic E-state index is 12.5. The average Bonchev–Trinajstić information content (AvgIpc) is 2.93. The van der Waals surface area contributed by atoms with Crippen LogP contribution in [-0.2, 0) is 11.3 Å². The lowest BCUT2D eigenvalue weighted by atomic mass is 10.2. The molecule has 3 rings (SSSR count). The molecule has 0 bridgehead atoms. The number of fused-ring (bicyclic) bond motifs is 1. The molecule has 0 aliphatic heterocycles. The lowest BCUT2D eigenvalue weighted by molar-refractivity contribution is -0.121. The van der Waals surface area contributed by atoms with Crippen molar-refractivity contribution in [1.29, 1.82) is 0 Å². The standard InChI is InChI=1S/C19H18N4O2S/c1-13-14(2)26-18-17(13)19(25)23(12-20-18)11-16(24)22-21-10-6-9-15-7-4-3-5-8-15/h3-10,12H,11H2,1-2H3,(H,22,24)/b9-6+,21-10+. The number of aromatic nitrogens is 2. The quantitative estimate of drug-likeness (QED) is 0.557. The van der Waals surface area contributed by atoms with E-state index in [1.807, 2.05) is 50.3 Å². The second kappa shape index (κ2) is 7.88. The summed E-state index contributed by atoms with van der Waals surface area (Å²) in [5, 5.41) is 4.43. The Hall–Kier alpha value is -3.06. The van der Waals surface area contributed by atoms with Crippen LogP contribution in [0.15, 0.2) is 52.6 Å². The molecule has 1 aromatic carbocycles. The van der Waals surface area contributed by atoms with Gasteiger partial charge in [-0.15, -0.1) is 11.3 Å². The second-order valence-corrected chi connectivity index (χ2v) is 6.93. The first-order valence-electron chi connectivity index (χ1n) is 8.05. The van der Waals surface area contributed by atoms with E-state index in [2.05, 4.69) is 15.5 Å². The van der Waals surface area contributed by atoms with E-state index in [9.17, 15) is 9.59 Å². The van der Waals surface area contributed by atoms with Crippen molar-refractivity contribution in [1.82, 2.24) is 15.0 Å². The third kappa shape index (κ3) is 3.94. The van der Waals surface area contributed by atoms with Crippen LogP contribution < -0.4 is 11.0 Å². The number of aryl methyl sites for hydroxylation is 2. The number of hydrogen-bond acceptors (Lipinski definition) is 5. The molecule has 2 aromatic heterocycles. The number of thiophene rings is 1. The maximum Gasteiger partial charge on any atom is 0.262 e. The van der Waals surface area contributed by atoms with Gasteiger partial charge in [-0.25, -0.2) is 10.4 Å². The first-order valence-corrected chi connectivity index (χ1v) is 8.86. The Kier molecular flexibility index (Phi) is 5.38. The monoisotopic (exact) mass is 366 g/mol. The van der Waals surface area contributed by atoms with Crippen molar-refractivity contribution in [3.05, 3.63) is 69.1 Å². The normalized spacial score (nSPS) is 11.6. The topological polar surface area (TPSA) is 76.3 Å². The Bertz CT molecular complexity index is 1050. The number of amides is 1. The van der Waals surface area contributed by atoms with Crippen molar-refractivity contribution in [2.24, 2.45) is 5.10 Å². The van der Waals surface area contributed by atoms with E-state index >= 15 is 0 Å². The summed E-state index contributed by atoms with van der Waals surface area (Å²) in [6, 6.07) is 9.76. The second-order valence-electron chi connectivity index (χ2n) is 5.72. The summed E-state index contributed by atoms with van der Waals surface area (Å²) in [5.41, 5.74) is 4.16. The number of allylic oxidation sites excluding steroid dienone is 1. The number of rotatable bonds is 5. The van der Waals surface area contributed by atoms with Gasteiger partial charge in [0.25, 0.3) is 11.5 Å². The van der Waals surface area contributed by atoms with Gasteiger partial charge in [-0.2, -0.15) is 5.10 Å². The molecule has 0 atom stereocenters. The molecule has 0 fully saturated rings. The van der Waals surface area contributed by atoms with E-state index < -0.39 is 0 Å². The summed E-state index contributed by atoms with van der Waals surface area (Å²) in [5.74, 6) is -0.387. The summed E-state index contributed by atoms with van der Waals surface area (Å²) in [7, 11) is 0. The number of nitrogens with one attached hydrogen (secondary N) is 1. The summed E-state index contributed by atoms with van der Waals surface area (Å²) in [4.78, 5) is 30.6. The summed E-state index contributed by atoms with van der Waals surface area (Å²) in [6.45, 7) is 3.72. The smallest absolute Gasteiger partial charge is 0.262 e. The first-order chi connectivity index (χ1) is 12.6. The lowest BCUT2D eigenvalue weighted by Crippen LogP contribution is -2.30. The van der Waals surface area contributed by atoms with E-state index in [-0.39, 0.29) is 18.0 Å². The number of carbonyl (C=O) groups is 1. The van der Waals surface area contributed by atoms with Gasteiger partial charge in [0.2, 0.25) is 0 Å². The van der Waals surface area contributed by atoms with Crippen LogP contribution >= 0.6 is 11.3 Å². The molecule has 0 saturated heterocycles. The molecular formula is C19H18N4O2S. The van der Waals surface area contributed by atoms with Gasteiger partial charge in [0, 0.05) is 11.1 Å². The molecule has 6 nitrogen and oxygen atoms in total. The van der Waals surface area contributed by atoms with Crippen LogP contribution in [0.5, 0.6) is 0 Å². The fraction of sp³-hybridized carbons (Fsp3) is 0.158. The molecule has 7 heteroatoms. The molecule has 0 unspecified atom stereocenters. The Morgan fingerprint density at radius 2 is 2.08 bits per heavy atom. The van der Waals surface area contributed by atoms with Crippen LogP contribution in [0.2, 0.25) is 0 Å². The van der Waals surface area contributed by atoms with Gasteiger partial charge < -0.3 is 0 Å². The molecule has 1 N–H and O–H groups in total. The Labute approximate surface area is 154 Å². The van der Waals surface area contributed by atoms with E-state index in [0.29, 0.717) is 10.2 Å². The van der Waals surface area contributed by atoms with Crippen molar-refractivity contribution >= 4 is 39.8 Å². The number of benzene rings is 1. The van der Waals surface area contributed by atoms with Gasteiger partial charge in [-0.3, -0.25) is 14.2 Å². The van der Waals surface area contributed by atoms with Crippen molar-refractivity contribution in [3.8, 4) is 0 Å². The zero-order chi connectivity index (χ0) is 18.5. The maximum atomic E-state index is 12.5. The van der Waals surface area contributed by atoms with Gasteiger partial charge in [-0.05, 0) is 31.1 Å². The summed E-state index contributed by atoms with van der Waals surface area (Å²) < 4.78 is 1.30. The predicted molar refractivity (Wildman–Crippen MR) is 105 cm³/mol. The van der Waals surface area contributed by atoms with Gasteiger partial charge in [0.15, 0.2) is 0 Å². The van der Waals surface area contributed by atoms with Gasteiger partial charge in [-0.1, -0.05) is 36.4 Å². The van der Waals surface area contributed by atoms with Crippen LogP contribution in [0.4, 0.5) is 0 Å². The van der Waals surface area contributed by atoms with E-state index in [1.165, 1.54) is 28.4 Å². The van der Waals surface area contributed by atoms with E-state index in [0.717, 1.165) is 16.0 Å². The summed E-state index contributed by atoms with van der Waals surface area (Å²) in [6.07, 6.45) is 6.49. The summed E-state index contributed by atoms with van der Waals surface area (Å²) >= 11 is 1.48. The van der Waals surface area contributed by atoms with Crippen molar-refractivity contribution in [3.63, 3.8) is 0 Å². The minimum atomic E-state index is -0.387. The SMILES string of the molecule is Cc1sc2ncn(CC(=O)N/N=C/C=C/c3ccccc3)c(=O)c2c1C. The largest absolute Gasteiger partial charge is 0.289 e. The Balaban J connectivity index is 1.63. The van der Waals surface area contributed by atoms with Crippen molar-refractivity contribution < 1.29 is 4.79 Å². The molecule has 2 heterocycles. The highest BCUT2D eigenvalue weighted by Crippen LogP contribution is 2.25. The Morgan fingerprint density at radius 3 is 2.85 bits per heavy atom. The molecule has 3 aromatic rings. The fourth-order valence-electron chi connectivity index (χ4n) is 2.44. The lowest BCUT2D eigenvalue weighted by Gasteiger charge is -2.04. The van der Waals surface area contributed by atoms with Crippen molar-refractivity contribution in [2.45, 2.75) is 20.4 Å². The molecule has 0 radical (unpaired) electrons. The Morgan fingerprint density at radius 1 is 1.31 bits per heavy atom. The first kappa shape index (κ1) is 17.8. The minimum Gasteiger partial charge on any atom is -0.289 e. The van der Waals surface area contributed by atoms with Gasteiger partial charge in [0.05, 0.1) is 11.7 Å². The zero-order valence-electron chi connectivity index (χ0n) is 14.5. The molecule has 0 aliphatic carbocycles. The highest BCUT2D eigenvalue weighted by molar-refractivity contribution is 7.18. The molecule has 0 saturated carbocycles. The molecular weight excluding hydrogens is 348 g/mol. The number of nitrogens with zero attached hydrogens (tertiary/aromatic N) is 3. The van der Waals surface area contributed by atoms with Crippen LogP contribution in [0, 0.1) is 13.8 Å². The average molecular weight is 366 g/mol.